The van der Waals surface area contributed by atoms with Gasteiger partial charge in [-0.05, 0) is 190 Å². The van der Waals surface area contributed by atoms with E-state index < -0.39 is 37.0 Å². The topological polar surface area (TPSA) is 174 Å². The van der Waals surface area contributed by atoms with Crippen LogP contribution in [0.3, 0.4) is 0 Å². The maximum atomic E-state index is 12.6. The second-order valence-electron chi connectivity index (χ2n) is 23.2. The van der Waals surface area contributed by atoms with E-state index in [1.54, 1.807) is 5.57 Å². The standard InChI is InChI=1S/C52H76NO10P/c1-30(7-18-46(56)57)40-16-17-42-48-43(28-45(55)52(40,42)5)49(2)21-19-36(26-33(49)27-44(48)63-64(59,60)61)62-24-23-53(6)34-11-8-31(9-12-34)39-29-50(3)41(20-22-51(50,4)58)38-14-10-32-25-35(54)13-15-37(32)47(38)39/h8-9,11-12,25,30,33,36,38-45,48,55,58H,7,10,13-24,26-29H2,1-6H3,(H,56,57)(H2,59,60,61)/t30-,33+,36+,38?,39-,40?,41?,42+,43+,44-,45+,48+,49+,50+,51+,52-/m1/s1. The van der Waals surface area contributed by atoms with Crippen LogP contribution in [0.1, 0.15) is 149 Å². The Balaban J connectivity index is 0.863. The van der Waals surface area contributed by atoms with Gasteiger partial charge in [0.05, 0.1) is 30.5 Å². The van der Waals surface area contributed by atoms with Crippen molar-refractivity contribution in [2.24, 2.45) is 63.6 Å². The first-order chi connectivity index (χ1) is 30.1. The van der Waals surface area contributed by atoms with E-state index in [0.717, 1.165) is 76.3 Å². The fourth-order valence-corrected chi connectivity index (χ4v) is 17.3. The van der Waals surface area contributed by atoms with Gasteiger partial charge < -0.3 is 34.7 Å². The highest BCUT2D eigenvalue weighted by molar-refractivity contribution is 7.46. The van der Waals surface area contributed by atoms with Gasteiger partial charge in [0, 0.05) is 43.5 Å². The molecule has 0 aromatic heterocycles. The predicted molar refractivity (Wildman–Crippen MR) is 245 cm³/mol. The van der Waals surface area contributed by atoms with Gasteiger partial charge in [-0.3, -0.25) is 14.1 Å². The van der Waals surface area contributed by atoms with E-state index in [4.69, 9.17) is 9.26 Å². The van der Waals surface area contributed by atoms with Gasteiger partial charge in [-0.15, -0.1) is 0 Å². The van der Waals surface area contributed by atoms with Gasteiger partial charge in [-0.2, -0.15) is 0 Å². The molecule has 11 nitrogen and oxygen atoms in total. The summed E-state index contributed by atoms with van der Waals surface area (Å²) in [6.07, 6.45) is 13.0. The lowest BCUT2D eigenvalue weighted by Crippen LogP contribution is -2.62. The molecule has 3 unspecified atom stereocenters. The minimum atomic E-state index is -4.80. The lowest BCUT2D eigenvalue weighted by Gasteiger charge is -2.64. The van der Waals surface area contributed by atoms with Crippen LogP contribution in [-0.4, -0.2) is 81.0 Å². The number of hydrogen-bond acceptors (Lipinski definition) is 8. The highest BCUT2D eigenvalue weighted by Gasteiger charge is 2.67. The zero-order valence-corrected chi connectivity index (χ0v) is 40.1. The summed E-state index contributed by atoms with van der Waals surface area (Å²) in [6, 6.07) is 9.01. The molecule has 0 radical (unpaired) electrons. The van der Waals surface area contributed by atoms with E-state index in [2.05, 4.69) is 70.8 Å². The summed E-state index contributed by atoms with van der Waals surface area (Å²) >= 11 is 0. The SMILES string of the molecule is C[C@H](CCC(=O)O)C1CC[C@H]2[C@@H]3[C@H](OP(=O)(O)O)C[C@@H]4C[C@@H](OCCN(C)c5ccc([C@H]6C[C@@]7(C)C(CC[C@]7(C)O)C7CCC8=CC(=O)CCC8=C76)cc5)CC[C@]4(C)[C@H]3C[C@H](O)[C@]12C. The van der Waals surface area contributed by atoms with Crippen LogP contribution in [0.2, 0.25) is 0 Å². The van der Waals surface area contributed by atoms with E-state index in [0.29, 0.717) is 50.7 Å². The molecule has 9 rings (SSSR count). The summed E-state index contributed by atoms with van der Waals surface area (Å²) in [5, 5.41) is 33.3. The van der Waals surface area contributed by atoms with Crippen LogP contribution in [-0.2, 0) is 23.4 Å². The number of allylic oxidation sites excluding steroid dienone is 4. The zero-order chi connectivity index (χ0) is 45.7. The minimum Gasteiger partial charge on any atom is -0.481 e. The lowest BCUT2D eigenvalue weighted by atomic mass is 9.43. The Morgan fingerprint density at radius 3 is 2.41 bits per heavy atom. The Hall–Kier alpha value is -2.37. The fraction of sp³-hybridized carbons (Fsp3) is 0.769. The lowest BCUT2D eigenvalue weighted by molar-refractivity contribution is -0.206. The Morgan fingerprint density at radius 2 is 1.69 bits per heavy atom. The molecule has 0 aliphatic heterocycles. The molecule has 6 fully saturated rings. The van der Waals surface area contributed by atoms with Gasteiger partial charge in [-0.1, -0.05) is 45.4 Å². The number of rotatable bonds is 12. The number of ketones is 1. The number of carboxylic acid groups (broad SMARTS) is 1. The first-order valence-electron chi connectivity index (χ1n) is 24.9. The molecule has 64 heavy (non-hydrogen) atoms. The molecular formula is C52H76NO10P. The van der Waals surface area contributed by atoms with E-state index >= 15 is 0 Å². The molecule has 5 N–H and O–H groups in total. The average molecular weight is 906 g/mol. The number of phosphoric acid groups is 1. The number of aliphatic carboxylic acids is 1. The third-order valence-electron chi connectivity index (χ3n) is 20.4. The number of phosphoric ester groups is 1. The van der Waals surface area contributed by atoms with Crippen LogP contribution in [0, 0.1) is 63.6 Å². The van der Waals surface area contributed by atoms with Crippen LogP contribution >= 0.6 is 7.82 Å². The van der Waals surface area contributed by atoms with Crippen molar-refractivity contribution in [3.63, 3.8) is 0 Å². The van der Waals surface area contributed by atoms with Crippen molar-refractivity contribution in [1.82, 2.24) is 0 Å². The molecule has 12 heteroatoms. The van der Waals surface area contributed by atoms with Gasteiger partial charge in [0.2, 0.25) is 0 Å². The monoisotopic (exact) mass is 906 g/mol. The predicted octanol–water partition coefficient (Wildman–Crippen LogP) is 9.38. The maximum Gasteiger partial charge on any atom is 0.469 e. The number of anilines is 1. The van der Waals surface area contributed by atoms with Crippen molar-refractivity contribution >= 4 is 25.3 Å². The van der Waals surface area contributed by atoms with Crippen molar-refractivity contribution < 1.29 is 48.5 Å². The Kier molecular flexibility index (Phi) is 12.4. The third-order valence-corrected chi connectivity index (χ3v) is 20.9. The summed E-state index contributed by atoms with van der Waals surface area (Å²) in [5.41, 5.74) is 5.15. The minimum absolute atomic E-state index is 0.0158. The van der Waals surface area contributed by atoms with E-state index in [1.807, 2.05) is 6.08 Å². The molecule has 6 saturated carbocycles. The zero-order valence-electron chi connectivity index (χ0n) is 39.2. The molecule has 0 heterocycles. The van der Waals surface area contributed by atoms with Crippen LogP contribution in [0.15, 0.2) is 47.1 Å². The third kappa shape index (κ3) is 7.94. The average Bonchev–Trinajstić information content (AvgIpc) is 3.72. The number of aliphatic hydroxyl groups is 2. The van der Waals surface area contributed by atoms with Gasteiger partial charge in [0.25, 0.3) is 0 Å². The molecule has 0 spiro atoms. The van der Waals surface area contributed by atoms with Gasteiger partial charge >= 0.3 is 13.8 Å². The number of likely N-dealkylation sites (N-methyl/N-ethyl adjacent to an activating group) is 1. The van der Waals surface area contributed by atoms with E-state index in [-0.39, 0.29) is 70.6 Å². The molecule has 1 aromatic rings. The summed E-state index contributed by atoms with van der Waals surface area (Å²) < 4.78 is 25.0. The highest BCUT2D eigenvalue weighted by atomic mass is 31.2. The first kappa shape index (κ1) is 46.7. The van der Waals surface area contributed by atoms with Crippen molar-refractivity contribution in [3.05, 3.63) is 52.6 Å². The van der Waals surface area contributed by atoms with Crippen LogP contribution in [0.4, 0.5) is 5.69 Å². The molecule has 0 amide bonds. The molecule has 0 saturated heterocycles. The van der Waals surface area contributed by atoms with Crippen LogP contribution in [0.25, 0.3) is 0 Å². The first-order valence-corrected chi connectivity index (χ1v) is 26.4. The second kappa shape index (κ2) is 17.0. The quantitative estimate of drug-likeness (QED) is 0.127. The molecule has 8 aliphatic rings. The van der Waals surface area contributed by atoms with Gasteiger partial charge in [0.1, 0.15) is 0 Å². The van der Waals surface area contributed by atoms with Gasteiger partial charge in [-0.25, -0.2) is 4.57 Å². The van der Waals surface area contributed by atoms with E-state index in [9.17, 15) is 39.3 Å². The van der Waals surface area contributed by atoms with Crippen molar-refractivity contribution in [2.45, 2.75) is 167 Å². The Labute approximate surface area is 381 Å². The maximum absolute atomic E-state index is 12.6. The summed E-state index contributed by atoms with van der Waals surface area (Å²) in [6.45, 7) is 12.2. The summed E-state index contributed by atoms with van der Waals surface area (Å²) in [4.78, 5) is 46.6. The molecular weight excluding hydrogens is 830 g/mol. The summed E-state index contributed by atoms with van der Waals surface area (Å²) in [5.74, 6) is 0.894. The molecule has 8 aliphatic carbocycles. The highest BCUT2D eigenvalue weighted by Crippen LogP contribution is 2.70. The summed E-state index contributed by atoms with van der Waals surface area (Å²) in [7, 11) is -2.70. The number of carbonyl (C=O) groups excluding carboxylic acids is 1. The van der Waals surface area contributed by atoms with Crippen LogP contribution < -0.4 is 4.90 Å². The van der Waals surface area contributed by atoms with Crippen molar-refractivity contribution in [2.75, 3.05) is 25.1 Å². The molecule has 354 valence electrons. The number of nitrogens with zero attached hydrogens (tertiary/aromatic N) is 1. The van der Waals surface area contributed by atoms with Crippen molar-refractivity contribution in [3.8, 4) is 0 Å². The van der Waals surface area contributed by atoms with E-state index in [1.165, 1.54) is 16.7 Å². The number of hydrogen-bond donors (Lipinski definition) is 5. The second-order valence-corrected chi connectivity index (χ2v) is 24.4. The Morgan fingerprint density at radius 1 is 0.938 bits per heavy atom. The molecule has 1 aromatic carbocycles. The number of aliphatic hydroxyl groups excluding tert-OH is 1. The van der Waals surface area contributed by atoms with Crippen LogP contribution in [0.5, 0.6) is 0 Å². The number of ether oxygens (including phenoxy) is 1. The number of carboxylic acids is 1. The largest absolute Gasteiger partial charge is 0.481 e. The molecule has 0 bridgehead atoms. The number of carbonyl (C=O) groups is 2. The van der Waals surface area contributed by atoms with Crippen molar-refractivity contribution in [1.29, 1.82) is 0 Å². The fourth-order valence-electron chi connectivity index (χ4n) is 16.7. The number of benzene rings is 1. The normalized spacial score (nSPS) is 43.2. The van der Waals surface area contributed by atoms with Gasteiger partial charge in [0.15, 0.2) is 5.78 Å². The Bertz CT molecular complexity index is 2080. The molecule has 16 atom stereocenters. The smallest absolute Gasteiger partial charge is 0.469 e. The number of fused-ring (bicyclic) bond motifs is 9.